The molecule has 2 nitrogen and oxygen atoms in total. The molecule has 0 aliphatic heterocycles. The molecule has 0 aromatic heterocycles. The first-order chi connectivity index (χ1) is 8.18. The van der Waals surface area contributed by atoms with Gasteiger partial charge in [0, 0.05) is 31.3 Å². The smallest absolute Gasteiger partial charge is 0.166 e. The summed E-state index contributed by atoms with van der Waals surface area (Å²) < 4.78 is 0. The number of nitrogens with zero attached hydrogens (tertiary/aromatic N) is 1. The molecule has 1 fully saturated rings. The molecule has 0 amide bonds. The number of benzene rings is 1. The first-order valence-corrected chi connectivity index (χ1v) is 6.50. The first kappa shape index (κ1) is 12.2. The summed E-state index contributed by atoms with van der Waals surface area (Å²) in [7, 11) is 4.01. The zero-order chi connectivity index (χ0) is 12.3. The molecule has 1 saturated carbocycles. The number of hydrogen-bond donors (Lipinski definition) is 0. The van der Waals surface area contributed by atoms with Gasteiger partial charge < -0.3 is 4.90 Å². The molecule has 0 heterocycles. The van der Waals surface area contributed by atoms with Crippen LogP contribution in [0.3, 0.4) is 0 Å². The second-order valence-corrected chi connectivity index (χ2v) is 5.14. The van der Waals surface area contributed by atoms with E-state index in [4.69, 9.17) is 0 Å². The van der Waals surface area contributed by atoms with Gasteiger partial charge in [0.2, 0.25) is 0 Å². The van der Waals surface area contributed by atoms with Gasteiger partial charge in [0.25, 0.3) is 0 Å². The maximum atomic E-state index is 12.4. The van der Waals surface area contributed by atoms with Crippen molar-refractivity contribution in [2.75, 3.05) is 19.0 Å². The molecular formula is C15H21NO. The van der Waals surface area contributed by atoms with Crippen molar-refractivity contribution in [3.05, 3.63) is 29.8 Å². The van der Waals surface area contributed by atoms with Gasteiger partial charge in [-0.25, -0.2) is 0 Å². The van der Waals surface area contributed by atoms with Gasteiger partial charge in [-0.15, -0.1) is 0 Å². The van der Waals surface area contributed by atoms with Crippen molar-refractivity contribution < 1.29 is 4.79 Å². The van der Waals surface area contributed by atoms with Crippen LogP contribution in [0.25, 0.3) is 0 Å². The number of carbonyl (C=O) groups excluding carboxylic acids is 1. The minimum atomic E-state index is 0.265. The lowest BCUT2D eigenvalue weighted by Gasteiger charge is -2.21. The van der Waals surface area contributed by atoms with Gasteiger partial charge in [-0.2, -0.15) is 0 Å². The molecule has 2 rings (SSSR count). The highest BCUT2D eigenvalue weighted by Gasteiger charge is 2.22. The molecule has 0 atom stereocenters. The number of anilines is 1. The molecule has 1 aromatic carbocycles. The number of ketones is 1. The third-order valence-electron chi connectivity index (χ3n) is 3.62. The summed E-state index contributed by atoms with van der Waals surface area (Å²) in [6.07, 6.45) is 5.87. The summed E-state index contributed by atoms with van der Waals surface area (Å²) in [5.41, 5.74) is 1.98. The Morgan fingerprint density at radius 2 is 1.88 bits per heavy atom. The van der Waals surface area contributed by atoms with Gasteiger partial charge in [0.1, 0.15) is 0 Å². The zero-order valence-electron chi connectivity index (χ0n) is 10.8. The molecule has 1 aliphatic carbocycles. The van der Waals surface area contributed by atoms with Crippen LogP contribution in [0.4, 0.5) is 5.69 Å². The van der Waals surface area contributed by atoms with Crippen molar-refractivity contribution in [2.45, 2.75) is 32.1 Å². The maximum absolute atomic E-state index is 12.4. The van der Waals surface area contributed by atoms with Gasteiger partial charge >= 0.3 is 0 Å². The molecule has 2 heteroatoms. The lowest BCUT2D eigenvalue weighted by Crippen LogP contribution is -2.18. The van der Waals surface area contributed by atoms with Crippen LogP contribution in [0.1, 0.15) is 42.5 Å². The summed E-state index contributed by atoms with van der Waals surface area (Å²) in [6.45, 7) is 0. The van der Waals surface area contributed by atoms with Gasteiger partial charge in [-0.3, -0.25) is 4.79 Å². The second-order valence-electron chi connectivity index (χ2n) is 5.14. The lowest BCUT2D eigenvalue weighted by atomic mass is 9.84. The molecule has 17 heavy (non-hydrogen) atoms. The van der Waals surface area contributed by atoms with E-state index < -0.39 is 0 Å². The fourth-order valence-electron chi connectivity index (χ4n) is 2.54. The molecule has 0 radical (unpaired) electrons. The van der Waals surface area contributed by atoms with E-state index in [1.807, 2.05) is 43.3 Å². The Hall–Kier alpha value is -1.31. The lowest BCUT2D eigenvalue weighted by molar-refractivity contribution is 0.0889. The number of carbonyl (C=O) groups is 1. The summed E-state index contributed by atoms with van der Waals surface area (Å²) in [4.78, 5) is 14.4. The summed E-state index contributed by atoms with van der Waals surface area (Å²) in [5.74, 6) is 0.606. The predicted octanol–water partition coefficient (Wildman–Crippen LogP) is 3.52. The molecule has 0 bridgehead atoms. The van der Waals surface area contributed by atoms with E-state index in [0.717, 1.165) is 24.1 Å². The van der Waals surface area contributed by atoms with Crippen LogP contribution in [-0.4, -0.2) is 19.9 Å². The standard InChI is InChI=1S/C15H21NO/c1-16(2)14-10-6-9-13(11-14)15(17)12-7-4-3-5-8-12/h6,9-12H,3-5,7-8H2,1-2H3. The van der Waals surface area contributed by atoms with E-state index in [9.17, 15) is 4.79 Å². The molecule has 1 aromatic rings. The van der Waals surface area contributed by atoms with Crippen LogP contribution >= 0.6 is 0 Å². The number of Topliss-reactive ketones (excluding diaryl/α,β-unsaturated/α-hetero) is 1. The van der Waals surface area contributed by atoms with Crippen LogP contribution < -0.4 is 4.90 Å². The van der Waals surface area contributed by atoms with Gasteiger partial charge in [-0.05, 0) is 25.0 Å². The quantitative estimate of drug-likeness (QED) is 0.742. The molecule has 0 N–H and O–H groups in total. The van der Waals surface area contributed by atoms with Gasteiger partial charge in [0.05, 0.1) is 0 Å². The topological polar surface area (TPSA) is 20.3 Å². The SMILES string of the molecule is CN(C)c1cccc(C(=O)C2CCCCC2)c1. The van der Waals surface area contributed by atoms with Crippen molar-refractivity contribution in [3.8, 4) is 0 Å². The van der Waals surface area contributed by atoms with Crippen LogP contribution in [0.5, 0.6) is 0 Å². The maximum Gasteiger partial charge on any atom is 0.166 e. The predicted molar refractivity (Wildman–Crippen MR) is 71.7 cm³/mol. The Morgan fingerprint density at radius 3 is 2.53 bits per heavy atom. The summed E-state index contributed by atoms with van der Waals surface area (Å²) in [6, 6.07) is 7.98. The minimum Gasteiger partial charge on any atom is -0.378 e. The molecule has 0 saturated heterocycles. The van der Waals surface area contributed by atoms with Crippen LogP contribution in [-0.2, 0) is 0 Å². The molecule has 0 unspecified atom stereocenters. The molecule has 92 valence electrons. The Bertz CT molecular complexity index is 392. The van der Waals surface area contributed by atoms with E-state index in [-0.39, 0.29) is 5.92 Å². The number of hydrogen-bond acceptors (Lipinski definition) is 2. The average Bonchev–Trinajstić information content (AvgIpc) is 2.39. The van der Waals surface area contributed by atoms with Crippen molar-refractivity contribution in [2.24, 2.45) is 5.92 Å². The summed E-state index contributed by atoms with van der Waals surface area (Å²) >= 11 is 0. The van der Waals surface area contributed by atoms with Gasteiger partial charge in [-0.1, -0.05) is 31.4 Å². The second kappa shape index (κ2) is 5.35. The minimum absolute atomic E-state index is 0.265. The Kier molecular flexibility index (Phi) is 3.82. The van der Waals surface area contributed by atoms with Crippen LogP contribution in [0.15, 0.2) is 24.3 Å². The van der Waals surface area contributed by atoms with Gasteiger partial charge in [0.15, 0.2) is 5.78 Å². The van der Waals surface area contributed by atoms with E-state index in [0.29, 0.717) is 5.78 Å². The fourth-order valence-corrected chi connectivity index (χ4v) is 2.54. The molecule has 1 aliphatic rings. The van der Waals surface area contributed by atoms with E-state index in [2.05, 4.69) is 0 Å². The normalized spacial score (nSPS) is 16.8. The third kappa shape index (κ3) is 2.87. The highest BCUT2D eigenvalue weighted by molar-refractivity contribution is 5.98. The monoisotopic (exact) mass is 231 g/mol. The van der Waals surface area contributed by atoms with E-state index >= 15 is 0 Å². The third-order valence-corrected chi connectivity index (χ3v) is 3.62. The van der Waals surface area contributed by atoms with Crippen LogP contribution in [0.2, 0.25) is 0 Å². The number of rotatable bonds is 3. The zero-order valence-corrected chi connectivity index (χ0v) is 10.8. The molecular weight excluding hydrogens is 210 g/mol. The van der Waals surface area contributed by atoms with Crippen LogP contribution in [0, 0.1) is 5.92 Å². The summed E-state index contributed by atoms with van der Waals surface area (Å²) in [5, 5.41) is 0. The Labute approximate surface area is 104 Å². The highest BCUT2D eigenvalue weighted by Crippen LogP contribution is 2.27. The van der Waals surface area contributed by atoms with E-state index in [1.54, 1.807) is 0 Å². The van der Waals surface area contributed by atoms with Crippen molar-refractivity contribution in [3.63, 3.8) is 0 Å². The molecule has 0 spiro atoms. The van der Waals surface area contributed by atoms with Crippen molar-refractivity contribution in [1.82, 2.24) is 0 Å². The van der Waals surface area contributed by atoms with Crippen molar-refractivity contribution >= 4 is 11.5 Å². The van der Waals surface area contributed by atoms with E-state index in [1.165, 1.54) is 19.3 Å². The average molecular weight is 231 g/mol. The Morgan fingerprint density at radius 1 is 1.18 bits per heavy atom. The fraction of sp³-hybridized carbons (Fsp3) is 0.533. The van der Waals surface area contributed by atoms with Crippen molar-refractivity contribution in [1.29, 1.82) is 0 Å². The first-order valence-electron chi connectivity index (χ1n) is 6.50. The Balaban J connectivity index is 2.15. The largest absolute Gasteiger partial charge is 0.378 e. The highest BCUT2D eigenvalue weighted by atomic mass is 16.1.